The summed E-state index contributed by atoms with van der Waals surface area (Å²) in [5.74, 6) is -0.162. The zero-order valence-corrected chi connectivity index (χ0v) is 4.46. The molecule has 0 amide bonds. The predicted molar refractivity (Wildman–Crippen MR) is 27.9 cm³/mol. The van der Waals surface area contributed by atoms with Crippen molar-refractivity contribution in [2.75, 3.05) is 5.73 Å². The molecule has 0 saturated heterocycles. The molecule has 1 aromatic heterocycles. The molecule has 9 heavy (non-hydrogen) atoms. The highest BCUT2D eigenvalue weighted by Crippen LogP contribution is 2.12. The van der Waals surface area contributed by atoms with Crippen LogP contribution in [0.3, 0.4) is 0 Å². The molecule has 0 radical (unpaired) electrons. The second-order valence-electron chi connectivity index (χ2n) is 1.47. The molecule has 0 aliphatic carbocycles. The van der Waals surface area contributed by atoms with Crippen molar-refractivity contribution in [3.63, 3.8) is 0 Å². The molecular formula is C4H5F2N3. The van der Waals surface area contributed by atoms with Crippen molar-refractivity contribution in [3.05, 3.63) is 12.4 Å². The average molecular weight is 133 g/mol. The van der Waals surface area contributed by atoms with Gasteiger partial charge in [0.2, 0.25) is 5.95 Å². The van der Waals surface area contributed by atoms with E-state index in [1.54, 1.807) is 0 Å². The summed E-state index contributed by atoms with van der Waals surface area (Å²) in [5.41, 5.74) is 5.01. The Morgan fingerprint density at radius 3 is 2.56 bits per heavy atom. The standard InChI is InChI=1S/C4H5F2N3/c5-3(6)9-2-1-8-4(9)7/h1-3H,(H2,7,8). The molecule has 50 valence electrons. The highest BCUT2D eigenvalue weighted by molar-refractivity contribution is 5.16. The molecule has 0 bridgehead atoms. The van der Waals surface area contributed by atoms with E-state index in [0.717, 1.165) is 6.20 Å². The van der Waals surface area contributed by atoms with Crippen molar-refractivity contribution in [1.29, 1.82) is 0 Å². The van der Waals surface area contributed by atoms with Gasteiger partial charge in [-0.3, -0.25) is 4.57 Å². The van der Waals surface area contributed by atoms with Crippen LogP contribution in [-0.4, -0.2) is 9.55 Å². The lowest BCUT2D eigenvalue weighted by molar-refractivity contribution is 0.0726. The smallest absolute Gasteiger partial charge is 0.321 e. The molecule has 0 aliphatic heterocycles. The van der Waals surface area contributed by atoms with Crippen LogP contribution < -0.4 is 5.73 Å². The third-order valence-electron chi connectivity index (χ3n) is 0.909. The highest BCUT2D eigenvalue weighted by Gasteiger charge is 2.06. The number of nitrogen functional groups attached to an aromatic ring is 1. The summed E-state index contributed by atoms with van der Waals surface area (Å²) in [6.07, 6.45) is 2.35. The minimum Gasteiger partial charge on any atom is -0.369 e. The van der Waals surface area contributed by atoms with Crippen LogP contribution in [0.4, 0.5) is 14.7 Å². The number of hydrogen-bond acceptors (Lipinski definition) is 2. The lowest BCUT2D eigenvalue weighted by Crippen LogP contribution is -2.01. The van der Waals surface area contributed by atoms with E-state index in [0.29, 0.717) is 4.57 Å². The number of nitrogens with zero attached hydrogens (tertiary/aromatic N) is 2. The Morgan fingerprint density at radius 2 is 2.33 bits per heavy atom. The van der Waals surface area contributed by atoms with Crippen LogP contribution >= 0.6 is 0 Å². The highest BCUT2D eigenvalue weighted by atomic mass is 19.3. The molecule has 0 atom stereocenters. The molecule has 2 N–H and O–H groups in total. The largest absolute Gasteiger partial charge is 0.369 e. The van der Waals surface area contributed by atoms with Crippen molar-refractivity contribution < 1.29 is 8.78 Å². The van der Waals surface area contributed by atoms with Gasteiger partial charge in [0.15, 0.2) is 0 Å². The van der Waals surface area contributed by atoms with E-state index in [4.69, 9.17) is 5.73 Å². The normalized spacial score (nSPS) is 10.6. The topological polar surface area (TPSA) is 43.8 Å². The van der Waals surface area contributed by atoms with Gasteiger partial charge in [0.1, 0.15) is 0 Å². The minimum absolute atomic E-state index is 0.162. The summed E-state index contributed by atoms with van der Waals surface area (Å²) in [7, 11) is 0. The molecule has 0 aromatic carbocycles. The Morgan fingerprint density at radius 1 is 1.67 bits per heavy atom. The number of anilines is 1. The quantitative estimate of drug-likeness (QED) is 0.617. The van der Waals surface area contributed by atoms with Gasteiger partial charge in [-0.05, 0) is 0 Å². The van der Waals surface area contributed by atoms with Gasteiger partial charge in [-0.25, -0.2) is 4.98 Å². The monoisotopic (exact) mass is 133 g/mol. The van der Waals surface area contributed by atoms with Crippen LogP contribution in [-0.2, 0) is 0 Å². The Labute approximate surface area is 50.1 Å². The summed E-state index contributed by atoms with van der Waals surface area (Å²) in [6, 6.07) is 0. The molecule has 3 nitrogen and oxygen atoms in total. The fraction of sp³-hybridized carbons (Fsp3) is 0.250. The predicted octanol–water partition coefficient (Wildman–Crippen LogP) is 0.860. The molecule has 0 aliphatic rings. The maximum absolute atomic E-state index is 11.7. The molecule has 0 fully saturated rings. The second-order valence-corrected chi connectivity index (χ2v) is 1.47. The number of aromatic nitrogens is 2. The van der Waals surface area contributed by atoms with Gasteiger partial charge in [-0.15, -0.1) is 0 Å². The molecule has 0 saturated carbocycles. The molecular weight excluding hydrogens is 128 g/mol. The summed E-state index contributed by atoms with van der Waals surface area (Å²) in [5, 5.41) is 0. The fourth-order valence-corrected chi connectivity index (χ4v) is 0.490. The summed E-state index contributed by atoms with van der Waals surface area (Å²) in [6.45, 7) is -2.59. The van der Waals surface area contributed by atoms with Gasteiger partial charge in [-0.2, -0.15) is 8.78 Å². The van der Waals surface area contributed by atoms with Gasteiger partial charge in [0.25, 0.3) is 0 Å². The van der Waals surface area contributed by atoms with Crippen LogP contribution in [0.5, 0.6) is 0 Å². The molecule has 0 unspecified atom stereocenters. The van der Waals surface area contributed by atoms with Gasteiger partial charge in [0, 0.05) is 12.4 Å². The van der Waals surface area contributed by atoms with Crippen molar-refractivity contribution in [1.82, 2.24) is 9.55 Å². The van der Waals surface area contributed by atoms with E-state index >= 15 is 0 Å². The zero-order chi connectivity index (χ0) is 6.85. The van der Waals surface area contributed by atoms with E-state index in [-0.39, 0.29) is 5.95 Å². The Kier molecular flexibility index (Phi) is 1.33. The first kappa shape index (κ1) is 6.00. The first-order valence-corrected chi connectivity index (χ1v) is 2.28. The number of hydrogen-bond donors (Lipinski definition) is 1. The SMILES string of the molecule is Nc1nccn1C(F)F. The number of imidazole rings is 1. The molecule has 5 heteroatoms. The fourth-order valence-electron chi connectivity index (χ4n) is 0.490. The lowest BCUT2D eigenvalue weighted by Gasteiger charge is -1.99. The summed E-state index contributed by atoms with van der Waals surface area (Å²) >= 11 is 0. The Hall–Kier alpha value is -1.13. The zero-order valence-electron chi connectivity index (χ0n) is 4.46. The molecule has 1 aromatic rings. The molecule has 0 spiro atoms. The Balaban J connectivity index is 2.94. The van der Waals surface area contributed by atoms with Crippen LogP contribution in [0, 0.1) is 0 Å². The summed E-state index contributed by atoms with van der Waals surface area (Å²) in [4.78, 5) is 3.40. The second kappa shape index (κ2) is 2.00. The van der Waals surface area contributed by atoms with E-state index in [1.165, 1.54) is 6.20 Å². The maximum Gasteiger partial charge on any atom is 0.321 e. The number of halogens is 2. The van der Waals surface area contributed by atoms with Gasteiger partial charge >= 0.3 is 6.55 Å². The van der Waals surface area contributed by atoms with Gasteiger partial charge in [-0.1, -0.05) is 0 Å². The van der Waals surface area contributed by atoms with Gasteiger partial charge in [0.05, 0.1) is 0 Å². The third-order valence-corrected chi connectivity index (χ3v) is 0.909. The van der Waals surface area contributed by atoms with Crippen LogP contribution in [0.2, 0.25) is 0 Å². The van der Waals surface area contributed by atoms with Crippen molar-refractivity contribution in [2.45, 2.75) is 6.55 Å². The first-order chi connectivity index (χ1) is 4.22. The van der Waals surface area contributed by atoms with Crippen LogP contribution in [0.25, 0.3) is 0 Å². The first-order valence-electron chi connectivity index (χ1n) is 2.28. The summed E-state index contributed by atoms with van der Waals surface area (Å²) < 4.78 is 24.0. The van der Waals surface area contributed by atoms with E-state index in [9.17, 15) is 8.78 Å². The van der Waals surface area contributed by atoms with E-state index < -0.39 is 6.55 Å². The van der Waals surface area contributed by atoms with Crippen LogP contribution in [0.1, 0.15) is 6.55 Å². The third kappa shape index (κ3) is 0.984. The Bertz CT molecular complexity index is 195. The number of rotatable bonds is 1. The van der Waals surface area contributed by atoms with Crippen molar-refractivity contribution >= 4 is 5.95 Å². The van der Waals surface area contributed by atoms with E-state index in [2.05, 4.69) is 4.98 Å². The number of nitrogens with two attached hydrogens (primary N) is 1. The molecule has 1 heterocycles. The average Bonchev–Trinajstić information content (AvgIpc) is 2.13. The van der Waals surface area contributed by atoms with Crippen molar-refractivity contribution in [3.8, 4) is 0 Å². The number of alkyl halides is 2. The maximum atomic E-state index is 11.7. The van der Waals surface area contributed by atoms with Crippen LogP contribution in [0.15, 0.2) is 12.4 Å². The van der Waals surface area contributed by atoms with Gasteiger partial charge < -0.3 is 5.73 Å². The molecule has 1 rings (SSSR count). The van der Waals surface area contributed by atoms with E-state index in [1.807, 2.05) is 0 Å². The minimum atomic E-state index is -2.59. The lowest BCUT2D eigenvalue weighted by atomic mass is 10.9. The van der Waals surface area contributed by atoms with Crippen molar-refractivity contribution in [2.24, 2.45) is 0 Å².